The molecule has 0 fully saturated rings. The molecule has 3 heteroatoms. The summed E-state index contributed by atoms with van der Waals surface area (Å²) >= 11 is 0. The Hall–Kier alpha value is -2.16. The lowest BCUT2D eigenvalue weighted by molar-refractivity contribution is 0.342. The van der Waals surface area contributed by atoms with Gasteiger partial charge in [-0.1, -0.05) is 44.2 Å². The SMILES string of the molecule is CCOc1ccccc1NCCNc1ccccc1C(C)C. The Bertz CT molecular complexity index is 581. The van der Waals surface area contributed by atoms with Crippen LogP contribution in [0.1, 0.15) is 32.3 Å². The van der Waals surface area contributed by atoms with Gasteiger partial charge in [-0.25, -0.2) is 0 Å². The Morgan fingerprint density at radius 1 is 0.864 bits per heavy atom. The Morgan fingerprint density at radius 2 is 1.45 bits per heavy atom. The van der Waals surface area contributed by atoms with Crippen LogP contribution in [0.5, 0.6) is 5.75 Å². The molecule has 22 heavy (non-hydrogen) atoms. The van der Waals surface area contributed by atoms with Gasteiger partial charge in [0.15, 0.2) is 0 Å². The quantitative estimate of drug-likeness (QED) is 0.691. The molecule has 0 atom stereocenters. The molecule has 2 rings (SSSR count). The molecule has 0 aliphatic heterocycles. The van der Waals surface area contributed by atoms with E-state index in [1.165, 1.54) is 11.3 Å². The van der Waals surface area contributed by atoms with Crippen LogP contribution in [-0.2, 0) is 0 Å². The molecule has 0 unspecified atom stereocenters. The number of para-hydroxylation sites is 3. The van der Waals surface area contributed by atoms with Crippen molar-refractivity contribution in [2.75, 3.05) is 30.3 Å². The van der Waals surface area contributed by atoms with Gasteiger partial charge < -0.3 is 15.4 Å². The van der Waals surface area contributed by atoms with Crippen molar-refractivity contribution in [3.8, 4) is 5.75 Å². The maximum atomic E-state index is 5.62. The third-order valence-electron chi connectivity index (χ3n) is 3.53. The van der Waals surface area contributed by atoms with Crippen LogP contribution in [-0.4, -0.2) is 19.7 Å². The third-order valence-corrected chi connectivity index (χ3v) is 3.53. The third kappa shape index (κ3) is 4.42. The van der Waals surface area contributed by atoms with Gasteiger partial charge in [0, 0.05) is 18.8 Å². The highest BCUT2D eigenvalue weighted by Crippen LogP contribution is 2.24. The van der Waals surface area contributed by atoms with Gasteiger partial charge in [0.2, 0.25) is 0 Å². The molecule has 0 heterocycles. The molecule has 0 spiro atoms. The molecule has 0 aliphatic carbocycles. The van der Waals surface area contributed by atoms with Gasteiger partial charge >= 0.3 is 0 Å². The lowest BCUT2D eigenvalue weighted by atomic mass is 10.0. The van der Waals surface area contributed by atoms with E-state index in [4.69, 9.17) is 4.74 Å². The molecule has 2 N–H and O–H groups in total. The van der Waals surface area contributed by atoms with Crippen molar-refractivity contribution in [3.05, 3.63) is 54.1 Å². The van der Waals surface area contributed by atoms with Crippen molar-refractivity contribution in [2.45, 2.75) is 26.7 Å². The van der Waals surface area contributed by atoms with Crippen LogP contribution >= 0.6 is 0 Å². The molecule has 3 nitrogen and oxygen atoms in total. The van der Waals surface area contributed by atoms with Gasteiger partial charge in [-0.15, -0.1) is 0 Å². The Morgan fingerprint density at radius 3 is 2.14 bits per heavy atom. The summed E-state index contributed by atoms with van der Waals surface area (Å²) in [6.07, 6.45) is 0. The predicted molar refractivity (Wildman–Crippen MR) is 95.1 cm³/mol. The standard InChI is InChI=1S/C19H26N2O/c1-4-22-19-12-8-7-11-18(19)21-14-13-20-17-10-6-5-9-16(17)15(2)3/h5-12,15,20-21H,4,13-14H2,1-3H3. The maximum Gasteiger partial charge on any atom is 0.142 e. The maximum absolute atomic E-state index is 5.62. The van der Waals surface area contributed by atoms with Crippen LogP contribution in [0.15, 0.2) is 48.5 Å². The molecule has 0 saturated carbocycles. The van der Waals surface area contributed by atoms with E-state index < -0.39 is 0 Å². The van der Waals surface area contributed by atoms with E-state index in [9.17, 15) is 0 Å². The van der Waals surface area contributed by atoms with Crippen molar-refractivity contribution < 1.29 is 4.74 Å². The number of ether oxygens (including phenoxy) is 1. The van der Waals surface area contributed by atoms with E-state index in [2.05, 4.69) is 48.7 Å². The zero-order valence-electron chi connectivity index (χ0n) is 13.7. The van der Waals surface area contributed by atoms with Crippen molar-refractivity contribution in [1.29, 1.82) is 0 Å². The van der Waals surface area contributed by atoms with E-state index in [0.29, 0.717) is 12.5 Å². The first-order chi connectivity index (χ1) is 10.7. The predicted octanol–water partition coefficient (Wildman–Crippen LogP) is 4.73. The minimum absolute atomic E-state index is 0.523. The lowest BCUT2D eigenvalue weighted by Gasteiger charge is -2.16. The van der Waals surface area contributed by atoms with Crippen LogP contribution in [0.25, 0.3) is 0 Å². The molecular weight excluding hydrogens is 272 g/mol. The van der Waals surface area contributed by atoms with E-state index in [-0.39, 0.29) is 0 Å². The van der Waals surface area contributed by atoms with Crippen LogP contribution < -0.4 is 15.4 Å². The second kappa shape index (κ2) is 8.32. The van der Waals surface area contributed by atoms with E-state index in [1.807, 2.05) is 31.2 Å². The van der Waals surface area contributed by atoms with Gasteiger partial charge in [-0.2, -0.15) is 0 Å². The topological polar surface area (TPSA) is 33.3 Å². The fraction of sp³-hybridized carbons (Fsp3) is 0.368. The number of hydrogen-bond acceptors (Lipinski definition) is 3. The molecular formula is C19H26N2O. The molecule has 0 saturated heterocycles. The van der Waals surface area contributed by atoms with Crippen molar-refractivity contribution >= 4 is 11.4 Å². The van der Waals surface area contributed by atoms with E-state index >= 15 is 0 Å². The van der Waals surface area contributed by atoms with Gasteiger partial charge in [0.25, 0.3) is 0 Å². The van der Waals surface area contributed by atoms with Crippen molar-refractivity contribution in [3.63, 3.8) is 0 Å². The Balaban J connectivity index is 1.88. The van der Waals surface area contributed by atoms with Gasteiger partial charge in [0.1, 0.15) is 5.75 Å². The molecule has 118 valence electrons. The fourth-order valence-electron chi connectivity index (χ4n) is 2.45. The fourth-order valence-corrected chi connectivity index (χ4v) is 2.45. The smallest absolute Gasteiger partial charge is 0.142 e. The zero-order chi connectivity index (χ0) is 15.8. The highest BCUT2D eigenvalue weighted by Gasteiger charge is 2.05. The van der Waals surface area contributed by atoms with E-state index in [1.54, 1.807) is 0 Å². The number of rotatable bonds is 8. The Kier molecular flexibility index (Phi) is 6.13. The Labute approximate surface area is 133 Å². The summed E-state index contributed by atoms with van der Waals surface area (Å²) in [7, 11) is 0. The number of anilines is 2. The second-order valence-corrected chi connectivity index (χ2v) is 5.52. The summed E-state index contributed by atoms with van der Waals surface area (Å²) < 4.78 is 5.62. The molecule has 0 aromatic heterocycles. The minimum Gasteiger partial charge on any atom is -0.492 e. The number of benzene rings is 2. The summed E-state index contributed by atoms with van der Waals surface area (Å²) in [4.78, 5) is 0. The van der Waals surface area contributed by atoms with Gasteiger partial charge in [-0.3, -0.25) is 0 Å². The second-order valence-electron chi connectivity index (χ2n) is 5.52. The normalized spacial score (nSPS) is 10.5. The van der Waals surface area contributed by atoms with Crippen molar-refractivity contribution in [2.24, 2.45) is 0 Å². The van der Waals surface area contributed by atoms with Crippen LogP contribution in [0, 0.1) is 0 Å². The monoisotopic (exact) mass is 298 g/mol. The summed E-state index contributed by atoms with van der Waals surface area (Å²) in [5.74, 6) is 1.43. The minimum atomic E-state index is 0.523. The number of nitrogens with one attached hydrogen (secondary N) is 2. The highest BCUT2D eigenvalue weighted by molar-refractivity contribution is 5.57. The first-order valence-electron chi connectivity index (χ1n) is 8.01. The van der Waals surface area contributed by atoms with Crippen LogP contribution in [0.2, 0.25) is 0 Å². The van der Waals surface area contributed by atoms with E-state index in [0.717, 1.165) is 24.5 Å². The largest absolute Gasteiger partial charge is 0.492 e. The molecule has 0 bridgehead atoms. The summed E-state index contributed by atoms with van der Waals surface area (Å²) in [6, 6.07) is 16.6. The van der Waals surface area contributed by atoms with Gasteiger partial charge in [-0.05, 0) is 36.6 Å². The molecule has 0 aliphatic rings. The first kappa shape index (κ1) is 16.2. The molecule has 2 aromatic carbocycles. The number of hydrogen-bond donors (Lipinski definition) is 2. The first-order valence-corrected chi connectivity index (χ1v) is 8.01. The van der Waals surface area contributed by atoms with Crippen LogP contribution in [0.3, 0.4) is 0 Å². The lowest BCUT2D eigenvalue weighted by Crippen LogP contribution is -2.15. The average Bonchev–Trinajstić information content (AvgIpc) is 2.53. The zero-order valence-corrected chi connectivity index (χ0v) is 13.7. The average molecular weight is 298 g/mol. The molecule has 0 amide bonds. The molecule has 0 radical (unpaired) electrons. The van der Waals surface area contributed by atoms with Crippen LogP contribution in [0.4, 0.5) is 11.4 Å². The van der Waals surface area contributed by atoms with Gasteiger partial charge in [0.05, 0.1) is 12.3 Å². The summed E-state index contributed by atoms with van der Waals surface area (Å²) in [6.45, 7) is 8.83. The summed E-state index contributed by atoms with van der Waals surface area (Å²) in [5, 5.41) is 6.94. The van der Waals surface area contributed by atoms with Crippen molar-refractivity contribution in [1.82, 2.24) is 0 Å². The summed E-state index contributed by atoms with van der Waals surface area (Å²) in [5.41, 5.74) is 3.62. The molecule has 2 aromatic rings. The highest BCUT2D eigenvalue weighted by atomic mass is 16.5.